The number of nitrogens with zero attached hydrogens (tertiary/aromatic N) is 2. The molecule has 0 spiro atoms. The predicted octanol–water partition coefficient (Wildman–Crippen LogP) is 6.61. The highest BCUT2D eigenvalue weighted by molar-refractivity contribution is 6.30. The summed E-state index contributed by atoms with van der Waals surface area (Å²) in [5, 5.41) is 11.9. The van der Waals surface area contributed by atoms with Crippen molar-refractivity contribution in [3.63, 3.8) is 0 Å². The molecule has 0 radical (unpaired) electrons. The summed E-state index contributed by atoms with van der Waals surface area (Å²) in [6.45, 7) is 1.95. The Balaban J connectivity index is 0.00000324. The van der Waals surface area contributed by atoms with Gasteiger partial charge in [0.15, 0.2) is 0 Å². The van der Waals surface area contributed by atoms with Crippen LogP contribution in [0.5, 0.6) is 0 Å². The number of pyridine rings is 1. The van der Waals surface area contributed by atoms with Gasteiger partial charge in [0.25, 0.3) is 5.91 Å². The fourth-order valence-electron chi connectivity index (χ4n) is 4.18. The number of nitrogens with one attached hydrogen (secondary N) is 2. The Bertz CT molecular complexity index is 1090. The van der Waals surface area contributed by atoms with E-state index in [4.69, 9.17) is 17.0 Å². The van der Waals surface area contributed by atoms with Gasteiger partial charge in [-0.2, -0.15) is 0 Å². The molecule has 2 N–H and O–H groups in total. The molecule has 0 bridgehead atoms. The van der Waals surface area contributed by atoms with Crippen molar-refractivity contribution in [2.75, 3.05) is 18.4 Å². The third-order valence-corrected chi connectivity index (χ3v) is 6.29. The third-order valence-electron chi connectivity index (χ3n) is 6.06. The van der Waals surface area contributed by atoms with Crippen LogP contribution in [0.1, 0.15) is 60.2 Å². The van der Waals surface area contributed by atoms with Gasteiger partial charge in [-0.15, -0.1) is 0 Å². The monoisotopic (exact) mass is 476 g/mol. The molecule has 1 aromatic heterocycles. The molecule has 0 unspecified atom stereocenters. The number of carbonyl (C=O) groups is 1. The maximum Gasteiger partial charge on any atom is 0.257 e. The first kappa shape index (κ1) is 25.4. The quantitative estimate of drug-likeness (QED) is 0.310. The second-order valence-electron chi connectivity index (χ2n) is 8.42. The van der Waals surface area contributed by atoms with Crippen molar-refractivity contribution in [3.8, 4) is 0 Å². The highest BCUT2D eigenvalue weighted by Gasteiger charge is 2.15. The van der Waals surface area contributed by atoms with Gasteiger partial charge in [0.05, 0.1) is 5.02 Å². The zero-order chi connectivity index (χ0) is 23.0. The van der Waals surface area contributed by atoms with E-state index in [1.165, 1.54) is 37.4 Å². The number of amidine groups is 1. The van der Waals surface area contributed by atoms with Crippen molar-refractivity contribution in [3.05, 3.63) is 94.1 Å². The molecule has 4 rings (SSSR count). The number of benzene rings is 2. The summed E-state index contributed by atoms with van der Waals surface area (Å²) in [7, 11) is 0. The van der Waals surface area contributed by atoms with Gasteiger partial charge in [-0.25, -0.2) is 4.98 Å². The zero-order valence-corrected chi connectivity index (χ0v) is 19.4. The summed E-state index contributed by atoms with van der Waals surface area (Å²) >= 11 is 5.87. The largest absolute Gasteiger partial charge is 0.357 e. The van der Waals surface area contributed by atoms with Crippen LogP contribution in [0.25, 0.3) is 0 Å². The molecular weight excluding hydrogens is 444 g/mol. The number of carbonyl (C=O) groups excluding carboxylic acids is 1. The highest BCUT2D eigenvalue weighted by atomic mass is 35.5. The Morgan fingerprint density at radius 1 is 0.941 bits per heavy atom. The average molecular weight is 477 g/mol. The van der Waals surface area contributed by atoms with E-state index in [9.17, 15) is 4.79 Å². The summed E-state index contributed by atoms with van der Waals surface area (Å²) in [5.74, 6) is 0.921. The van der Waals surface area contributed by atoms with Crippen LogP contribution in [0.15, 0.2) is 66.9 Å². The van der Waals surface area contributed by atoms with Gasteiger partial charge >= 0.3 is 0 Å². The van der Waals surface area contributed by atoms with Gasteiger partial charge in [-0.1, -0.05) is 74.3 Å². The Morgan fingerprint density at radius 3 is 2.32 bits per heavy atom. The molecule has 2 aromatic carbocycles. The van der Waals surface area contributed by atoms with Crippen molar-refractivity contribution < 1.29 is 4.79 Å². The molecule has 3 aromatic rings. The number of rotatable bonds is 6. The number of anilines is 1. The van der Waals surface area contributed by atoms with Crippen LogP contribution in [0, 0.1) is 5.41 Å². The minimum absolute atomic E-state index is 0. The lowest BCUT2D eigenvalue weighted by Crippen LogP contribution is -2.31. The van der Waals surface area contributed by atoms with Gasteiger partial charge in [0.2, 0.25) is 0 Å². The topological polar surface area (TPSA) is 69.1 Å². The Kier molecular flexibility index (Phi) is 9.23. The fourth-order valence-corrected chi connectivity index (χ4v) is 4.29. The molecule has 1 aliphatic rings. The summed E-state index contributed by atoms with van der Waals surface area (Å²) in [5.41, 5.74) is 3.80. The normalized spacial score (nSPS) is 13.5. The first-order chi connectivity index (χ1) is 16.1. The Labute approximate surface area is 207 Å². The van der Waals surface area contributed by atoms with E-state index in [1.807, 2.05) is 36.4 Å². The van der Waals surface area contributed by atoms with Crippen molar-refractivity contribution in [1.82, 2.24) is 9.88 Å². The van der Waals surface area contributed by atoms with E-state index in [2.05, 4.69) is 27.3 Å². The number of aryl methyl sites for hydroxylation is 2. The molecule has 0 atom stereocenters. The van der Waals surface area contributed by atoms with Crippen LogP contribution in [-0.4, -0.2) is 34.7 Å². The first-order valence-electron chi connectivity index (χ1n) is 11.5. The lowest BCUT2D eigenvalue weighted by atomic mass is 9.98. The third kappa shape index (κ3) is 6.67. The summed E-state index contributed by atoms with van der Waals surface area (Å²) in [4.78, 5) is 19.2. The molecular formula is C28H33ClN4O. The Hall–Kier alpha value is -3.18. The maximum absolute atomic E-state index is 12.8. The minimum atomic E-state index is -0.179. The van der Waals surface area contributed by atoms with Crippen LogP contribution in [0.4, 0.5) is 5.82 Å². The van der Waals surface area contributed by atoms with Crippen molar-refractivity contribution in [2.24, 2.45) is 0 Å². The predicted molar refractivity (Wildman–Crippen MR) is 141 cm³/mol. The number of likely N-dealkylation sites (tertiary alicyclic amines) is 1. The standard InChI is InChI=1S/C27H29ClN4O.CH4/c28-23-15-16-25(30-19-23)31-27(33)24-8-4-3-7-21(24)12-9-20-10-13-22(14-11-20)26(29)32-17-5-1-2-6-18-32;/h3-4,7-8,10-11,13-16,19,29H,1-2,5-6,9,12,17-18H2,(H,30,31,33);1H4. The number of aromatic nitrogens is 1. The van der Waals surface area contributed by atoms with E-state index < -0.39 is 0 Å². The lowest BCUT2D eigenvalue weighted by Gasteiger charge is -2.23. The molecule has 34 heavy (non-hydrogen) atoms. The molecule has 6 heteroatoms. The number of halogens is 1. The molecule has 1 fully saturated rings. The zero-order valence-electron chi connectivity index (χ0n) is 18.7. The molecule has 178 valence electrons. The van der Waals surface area contributed by atoms with E-state index in [0.717, 1.165) is 37.1 Å². The second-order valence-corrected chi connectivity index (χ2v) is 8.86. The Morgan fingerprint density at radius 2 is 1.65 bits per heavy atom. The summed E-state index contributed by atoms with van der Waals surface area (Å²) in [6, 6.07) is 19.3. The van der Waals surface area contributed by atoms with Crippen molar-refractivity contribution in [1.29, 1.82) is 5.41 Å². The molecule has 1 aliphatic heterocycles. The van der Waals surface area contributed by atoms with Crippen LogP contribution in [-0.2, 0) is 12.8 Å². The van der Waals surface area contributed by atoms with Gasteiger partial charge in [0, 0.05) is 30.4 Å². The molecule has 2 heterocycles. The molecule has 1 saturated heterocycles. The van der Waals surface area contributed by atoms with E-state index in [0.29, 0.717) is 22.2 Å². The second kappa shape index (κ2) is 12.3. The number of hydrogen-bond acceptors (Lipinski definition) is 3. The smallest absolute Gasteiger partial charge is 0.257 e. The minimum Gasteiger partial charge on any atom is -0.357 e. The summed E-state index contributed by atoms with van der Waals surface area (Å²) < 4.78 is 0. The van der Waals surface area contributed by atoms with Crippen LogP contribution < -0.4 is 5.32 Å². The maximum atomic E-state index is 12.8. The number of amides is 1. The van der Waals surface area contributed by atoms with Gasteiger partial charge in [-0.05, 0) is 55.0 Å². The fraction of sp³-hybridized carbons (Fsp3) is 0.321. The molecule has 1 amide bonds. The van der Waals surface area contributed by atoms with Crippen LogP contribution in [0.3, 0.4) is 0 Å². The lowest BCUT2D eigenvalue weighted by molar-refractivity contribution is 0.102. The van der Waals surface area contributed by atoms with E-state index in [-0.39, 0.29) is 13.3 Å². The highest BCUT2D eigenvalue weighted by Crippen LogP contribution is 2.18. The number of hydrogen-bond donors (Lipinski definition) is 2. The van der Waals surface area contributed by atoms with Crippen LogP contribution in [0.2, 0.25) is 5.02 Å². The SMILES string of the molecule is C.N=C(c1ccc(CCc2ccccc2C(=O)Nc2ccc(Cl)cn2)cc1)N1CCCCCC1. The van der Waals surface area contributed by atoms with E-state index in [1.54, 1.807) is 12.1 Å². The van der Waals surface area contributed by atoms with E-state index >= 15 is 0 Å². The summed E-state index contributed by atoms with van der Waals surface area (Å²) in [6.07, 6.45) is 7.95. The van der Waals surface area contributed by atoms with Gasteiger partial charge in [-0.3, -0.25) is 10.2 Å². The van der Waals surface area contributed by atoms with Gasteiger partial charge in [0.1, 0.15) is 11.7 Å². The van der Waals surface area contributed by atoms with Gasteiger partial charge < -0.3 is 10.2 Å². The molecule has 0 saturated carbocycles. The molecule has 5 nitrogen and oxygen atoms in total. The first-order valence-corrected chi connectivity index (χ1v) is 11.9. The molecule has 0 aliphatic carbocycles. The van der Waals surface area contributed by atoms with Crippen LogP contribution >= 0.6 is 11.6 Å². The van der Waals surface area contributed by atoms with Crippen molar-refractivity contribution >= 4 is 29.2 Å². The van der Waals surface area contributed by atoms with Crippen molar-refractivity contribution in [2.45, 2.75) is 46.0 Å². The average Bonchev–Trinajstić information content (AvgIpc) is 3.14.